The first-order valence-electron chi connectivity index (χ1n) is 17.9. The molecule has 46 heavy (non-hydrogen) atoms. The van der Waals surface area contributed by atoms with Crippen LogP contribution < -0.4 is 0 Å². The summed E-state index contributed by atoms with van der Waals surface area (Å²) in [5, 5.41) is 21.5. The monoisotopic (exact) mass is 642 g/mol. The van der Waals surface area contributed by atoms with E-state index in [0.29, 0.717) is 31.1 Å². The predicted molar refractivity (Wildman–Crippen MR) is 181 cm³/mol. The fraction of sp³-hybridized carbons (Fsp3) is 0.795. The Morgan fingerprint density at radius 3 is 2.26 bits per heavy atom. The van der Waals surface area contributed by atoms with Crippen molar-refractivity contribution in [1.29, 1.82) is 0 Å². The molecule has 2 aliphatic carbocycles. The Kier molecular flexibility index (Phi) is 11.1. The van der Waals surface area contributed by atoms with Gasteiger partial charge in [-0.05, 0) is 62.0 Å². The highest BCUT2D eigenvalue weighted by Crippen LogP contribution is 2.66. The molecule has 0 amide bonds. The van der Waals surface area contributed by atoms with Gasteiger partial charge in [0.05, 0.1) is 17.6 Å². The van der Waals surface area contributed by atoms with E-state index in [1.54, 1.807) is 0 Å². The molecule has 1 saturated heterocycles. The van der Waals surface area contributed by atoms with Crippen molar-refractivity contribution in [2.24, 2.45) is 28.6 Å². The van der Waals surface area contributed by atoms with Crippen LogP contribution in [0, 0.1) is 28.6 Å². The van der Waals surface area contributed by atoms with Gasteiger partial charge in [-0.25, -0.2) is 0 Å². The van der Waals surface area contributed by atoms with Crippen LogP contribution in [0.15, 0.2) is 35.6 Å². The summed E-state index contributed by atoms with van der Waals surface area (Å²) in [5.74, 6) is 0.908. The van der Waals surface area contributed by atoms with Crippen molar-refractivity contribution < 1.29 is 34.0 Å². The third-order valence-corrected chi connectivity index (χ3v) is 11.3. The van der Waals surface area contributed by atoms with Gasteiger partial charge in [0.1, 0.15) is 23.1 Å². The molecule has 0 aromatic heterocycles. The van der Waals surface area contributed by atoms with Crippen LogP contribution in [-0.4, -0.2) is 51.2 Å². The maximum atomic E-state index is 12.6. The van der Waals surface area contributed by atoms with Crippen molar-refractivity contribution in [2.45, 2.75) is 168 Å². The van der Waals surface area contributed by atoms with Gasteiger partial charge in [0.15, 0.2) is 0 Å². The van der Waals surface area contributed by atoms with Gasteiger partial charge in [0.2, 0.25) is 0 Å². The second kappa shape index (κ2) is 13.9. The summed E-state index contributed by atoms with van der Waals surface area (Å²) < 4.78 is 17.4. The highest BCUT2D eigenvalue weighted by atomic mass is 16.6. The first kappa shape index (κ1) is 36.9. The average Bonchev–Trinajstić information content (AvgIpc) is 3.36. The number of hydrogen-bond acceptors (Lipinski definition) is 7. The number of hydrogen-bond donors (Lipinski definition) is 2. The van der Waals surface area contributed by atoms with Crippen LogP contribution >= 0.6 is 0 Å². The molecule has 7 heteroatoms. The van der Waals surface area contributed by atoms with E-state index in [0.717, 1.165) is 37.0 Å². The molecule has 2 N–H and O–H groups in total. The Morgan fingerprint density at radius 1 is 1.00 bits per heavy atom. The van der Waals surface area contributed by atoms with Crippen molar-refractivity contribution in [2.75, 3.05) is 0 Å². The Labute approximate surface area is 278 Å². The molecule has 2 heterocycles. The van der Waals surface area contributed by atoms with Crippen LogP contribution in [0.5, 0.6) is 0 Å². The largest absolute Gasteiger partial charge is 0.462 e. The van der Waals surface area contributed by atoms with Crippen LogP contribution in [0.2, 0.25) is 0 Å². The number of cyclic esters (lactones) is 1. The molecule has 2 saturated carbocycles. The van der Waals surface area contributed by atoms with Crippen molar-refractivity contribution >= 4 is 11.9 Å². The number of epoxide rings is 1. The van der Waals surface area contributed by atoms with Gasteiger partial charge in [-0.2, -0.15) is 0 Å². The summed E-state index contributed by atoms with van der Waals surface area (Å²) in [5.41, 5.74) is -1.13. The quantitative estimate of drug-likeness (QED) is 0.0853. The molecule has 0 aromatic carbocycles. The number of aliphatic hydroxyl groups is 2. The van der Waals surface area contributed by atoms with E-state index in [9.17, 15) is 19.8 Å². The number of ether oxygens (including phenoxy) is 3. The van der Waals surface area contributed by atoms with Gasteiger partial charge in [-0.3, -0.25) is 9.59 Å². The number of allylic oxidation sites excluding steroid dienone is 2. The standard InChI is InChI=1S/C39H62O7/c1-26(16-17-33-35(4,5)24-32(44-28(3)40)25-37(33,8)43)14-12-10-11-13-15-27(2)20-31-21-29(34(42)45-31)18-19-39-36(6,7)22-30(41)23-38(39,9)46-39/h17-19,21,26-27,29-30,32,41,43H,10-16,20,22-25H2,1-9H3/b19-18+,33-17?/t26?,27?,29?,30-,32-,37+,38+,39-/m0/s1. The predicted octanol–water partition coefficient (Wildman–Crippen LogP) is 8.13. The topological polar surface area (TPSA) is 106 Å². The van der Waals surface area contributed by atoms with E-state index < -0.39 is 11.2 Å². The maximum Gasteiger partial charge on any atom is 0.321 e. The highest BCUT2D eigenvalue weighted by molar-refractivity contribution is 5.80. The fourth-order valence-corrected chi connectivity index (χ4v) is 9.13. The highest BCUT2D eigenvalue weighted by Gasteiger charge is 2.74. The molecule has 8 atom stereocenters. The summed E-state index contributed by atoms with van der Waals surface area (Å²) in [4.78, 5) is 24.1. The molecule has 0 radical (unpaired) electrons. The Morgan fingerprint density at radius 2 is 1.65 bits per heavy atom. The van der Waals surface area contributed by atoms with Crippen molar-refractivity contribution in [3.63, 3.8) is 0 Å². The fourth-order valence-electron chi connectivity index (χ4n) is 9.13. The smallest absolute Gasteiger partial charge is 0.321 e. The molecule has 3 fully saturated rings. The summed E-state index contributed by atoms with van der Waals surface area (Å²) >= 11 is 0. The molecule has 4 rings (SSSR count). The molecular formula is C39H62O7. The Balaban J connectivity index is 1.14. The average molecular weight is 643 g/mol. The number of unbranched alkanes of at least 4 members (excludes halogenated alkanes) is 3. The number of aliphatic hydroxyl groups excluding tert-OH is 1. The second-order valence-electron chi connectivity index (χ2n) is 17.0. The van der Waals surface area contributed by atoms with Crippen LogP contribution in [0.25, 0.3) is 0 Å². The zero-order chi connectivity index (χ0) is 34.1. The zero-order valence-corrected chi connectivity index (χ0v) is 30.1. The van der Waals surface area contributed by atoms with Gasteiger partial charge in [-0.15, -0.1) is 0 Å². The van der Waals surface area contributed by atoms with Gasteiger partial charge >= 0.3 is 11.9 Å². The van der Waals surface area contributed by atoms with Crippen LogP contribution in [0.4, 0.5) is 0 Å². The summed E-state index contributed by atoms with van der Waals surface area (Å²) in [6.07, 6.45) is 18.9. The van der Waals surface area contributed by atoms with Crippen LogP contribution in [-0.2, 0) is 23.8 Å². The first-order valence-corrected chi connectivity index (χ1v) is 17.9. The minimum Gasteiger partial charge on any atom is -0.462 e. The van der Waals surface area contributed by atoms with E-state index in [1.807, 2.05) is 19.1 Å². The molecular weight excluding hydrogens is 580 g/mol. The lowest BCUT2D eigenvalue weighted by Gasteiger charge is -2.46. The molecule has 7 nitrogen and oxygen atoms in total. The molecule has 3 unspecified atom stereocenters. The minimum absolute atomic E-state index is 0.206. The number of fused-ring (bicyclic) bond motifs is 1. The third-order valence-electron chi connectivity index (χ3n) is 11.3. The first-order chi connectivity index (χ1) is 21.3. The number of rotatable bonds is 14. The summed E-state index contributed by atoms with van der Waals surface area (Å²) in [6.45, 7) is 18.4. The van der Waals surface area contributed by atoms with Gasteiger partial charge in [-0.1, -0.05) is 98.3 Å². The van der Waals surface area contributed by atoms with E-state index >= 15 is 0 Å². The van der Waals surface area contributed by atoms with Gasteiger partial charge in [0, 0.05) is 31.6 Å². The van der Waals surface area contributed by atoms with E-state index in [4.69, 9.17) is 14.2 Å². The number of carbonyl (C=O) groups is 2. The van der Waals surface area contributed by atoms with E-state index in [1.165, 1.54) is 39.0 Å². The number of esters is 2. The second-order valence-corrected chi connectivity index (χ2v) is 17.0. The van der Waals surface area contributed by atoms with Crippen LogP contribution in [0.3, 0.4) is 0 Å². The SMILES string of the molecule is CC(=O)O[C@H]1CC(C)(C)C(=CCC(C)CCCCCCC(C)CC2=CC(/C=C/[C@@]34O[C@]3(C)C[C@@H](O)CC4(C)C)C(=O)O2)[C@](C)(O)C1. The minimum atomic E-state index is -0.965. The van der Waals surface area contributed by atoms with Crippen molar-refractivity contribution in [3.8, 4) is 0 Å². The molecule has 0 bridgehead atoms. The molecule has 0 spiro atoms. The number of carbonyl (C=O) groups excluding carboxylic acids is 2. The van der Waals surface area contributed by atoms with Crippen LogP contribution in [0.1, 0.15) is 139 Å². The van der Waals surface area contributed by atoms with Crippen molar-refractivity contribution in [1.82, 2.24) is 0 Å². The molecule has 2 aliphatic heterocycles. The van der Waals surface area contributed by atoms with E-state index in [-0.39, 0.29) is 46.5 Å². The lowest BCUT2D eigenvalue weighted by molar-refractivity contribution is -0.152. The summed E-state index contributed by atoms with van der Waals surface area (Å²) in [7, 11) is 0. The lowest BCUT2D eigenvalue weighted by atomic mass is 9.63. The third kappa shape index (κ3) is 8.36. The Hall–Kier alpha value is -1.96. The van der Waals surface area contributed by atoms with Gasteiger partial charge in [0.25, 0.3) is 0 Å². The summed E-state index contributed by atoms with van der Waals surface area (Å²) in [6, 6.07) is 0. The molecule has 260 valence electrons. The zero-order valence-electron chi connectivity index (χ0n) is 30.1. The molecule has 4 aliphatic rings. The lowest BCUT2D eigenvalue weighted by Crippen LogP contribution is -2.46. The maximum absolute atomic E-state index is 12.6. The molecule has 0 aromatic rings. The Bertz CT molecular complexity index is 1190. The normalized spacial score (nSPS) is 37.0. The van der Waals surface area contributed by atoms with Gasteiger partial charge < -0.3 is 24.4 Å². The van der Waals surface area contributed by atoms with E-state index in [2.05, 4.69) is 60.6 Å². The van der Waals surface area contributed by atoms with Crippen molar-refractivity contribution in [3.05, 3.63) is 35.6 Å².